The zero-order valence-electron chi connectivity index (χ0n) is 12.7. The number of ether oxygens (including phenoxy) is 1. The largest absolute Gasteiger partial charge is 0.454 e. The number of carbonyl (C=O) groups is 1. The fraction of sp³-hybridized carbons (Fsp3) is 0.118. The molecule has 0 radical (unpaired) electrons. The number of halogens is 1. The molecule has 0 saturated carbocycles. The second kappa shape index (κ2) is 7.42. The predicted octanol–water partition coefficient (Wildman–Crippen LogP) is 4.52. The number of esters is 1. The molecule has 0 bridgehead atoms. The smallest absolute Gasteiger partial charge is 0.331 e. The van der Waals surface area contributed by atoms with Gasteiger partial charge in [-0.25, -0.2) is 4.79 Å². The van der Waals surface area contributed by atoms with E-state index in [1.54, 1.807) is 12.1 Å². The lowest BCUT2D eigenvalue weighted by atomic mass is 10.1. The van der Waals surface area contributed by atoms with Crippen molar-refractivity contribution in [1.29, 1.82) is 0 Å². The topological polar surface area (TPSA) is 65.2 Å². The third kappa shape index (κ3) is 4.31. The molecular weight excluding hydrogens is 348 g/mol. The highest BCUT2D eigenvalue weighted by Gasteiger charge is 2.10. The van der Waals surface area contributed by atoms with Crippen LogP contribution in [0.1, 0.15) is 16.3 Å². The molecule has 0 N–H and O–H groups in total. The summed E-state index contributed by atoms with van der Waals surface area (Å²) >= 11 is 7.20. The number of hydrogen-bond donors (Lipinski definition) is 0. The van der Waals surface area contributed by atoms with Crippen LogP contribution in [0.25, 0.3) is 17.5 Å². The van der Waals surface area contributed by atoms with Gasteiger partial charge in [-0.05, 0) is 37.3 Å². The first-order chi connectivity index (χ1) is 11.6. The zero-order chi connectivity index (χ0) is 16.9. The van der Waals surface area contributed by atoms with Gasteiger partial charge in [0.25, 0.3) is 5.89 Å². The fourth-order valence-corrected chi connectivity index (χ4v) is 2.84. The van der Waals surface area contributed by atoms with Gasteiger partial charge in [0.15, 0.2) is 6.61 Å². The molecule has 0 aliphatic heterocycles. The van der Waals surface area contributed by atoms with Gasteiger partial charge >= 0.3 is 5.97 Å². The van der Waals surface area contributed by atoms with Crippen LogP contribution in [0.15, 0.2) is 47.0 Å². The molecule has 7 heteroatoms. The Kier molecular flexibility index (Phi) is 5.08. The van der Waals surface area contributed by atoms with E-state index in [0.717, 1.165) is 16.0 Å². The Balaban J connectivity index is 1.56. The molecule has 5 nitrogen and oxygen atoms in total. The van der Waals surface area contributed by atoms with Crippen LogP contribution in [0, 0.1) is 6.92 Å². The number of rotatable bonds is 5. The summed E-state index contributed by atoms with van der Waals surface area (Å²) in [5.74, 6) is 0.220. The van der Waals surface area contributed by atoms with E-state index in [9.17, 15) is 4.79 Å². The molecule has 122 valence electrons. The molecule has 2 heterocycles. The molecule has 3 rings (SSSR count). The van der Waals surface area contributed by atoms with Crippen LogP contribution >= 0.6 is 22.9 Å². The summed E-state index contributed by atoms with van der Waals surface area (Å²) in [6, 6.07) is 11.3. The van der Waals surface area contributed by atoms with Crippen molar-refractivity contribution in [3.63, 3.8) is 0 Å². The molecule has 3 aromatic rings. The van der Waals surface area contributed by atoms with Crippen molar-refractivity contribution in [1.82, 2.24) is 10.1 Å². The van der Waals surface area contributed by atoms with Crippen LogP contribution in [0.3, 0.4) is 0 Å². The lowest BCUT2D eigenvalue weighted by molar-refractivity contribution is -0.139. The van der Waals surface area contributed by atoms with Crippen LogP contribution in [0.4, 0.5) is 0 Å². The van der Waals surface area contributed by atoms with Gasteiger partial charge in [-0.3, -0.25) is 0 Å². The Labute approximate surface area is 147 Å². The Morgan fingerprint density at radius 3 is 2.79 bits per heavy atom. The van der Waals surface area contributed by atoms with Gasteiger partial charge in [0, 0.05) is 16.5 Å². The number of aromatic nitrogens is 2. The third-order valence-electron chi connectivity index (χ3n) is 3.09. The number of carbonyl (C=O) groups excluding carboxylic acids is 1. The summed E-state index contributed by atoms with van der Waals surface area (Å²) in [4.78, 5) is 16.8. The number of thiophene rings is 1. The number of hydrogen-bond acceptors (Lipinski definition) is 6. The van der Waals surface area contributed by atoms with Crippen molar-refractivity contribution in [2.45, 2.75) is 13.5 Å². The van der Waals surface area contributed by atoms with Crippen LogP contribution in [-0.2, 0) is 16.1 Å². The first-order valence-corrected chi connectivity index (χ1v) is 8.29. The maximum atomic E-state index is 11.7. The standard InChI is InChI=1S/C17H13ClN2O3S/c1-11-2-4-12(5-3-11)17-19-15(20-23-17)10-22-16(21)9-7-13-6-8-14(18)24-13/h2-9H,10H2,1H3/b9-7+. The normalized spacial score (nSPS) is 11.1. The van der Waals surface area contributed by atoms with Crippen molar-refractivity contribution in [3.05, 3.63) is 63.1 Å². The minimum absolute atomic E-state index is 0.0519. The minimum atomic E-state index is -0.485. The summed E-state index contributed by atoms with van der Waals surface area (Å²) in [5.41, 5.74) is 1.96. The average molecular weight is 361 g/mol. The Bertz CT molecular complexity index is 868. The summed E-state index contributed by atoms with van der Waals surface area (Å²) in [6.45, 7) is 1.95. The Hall–Kier alpha value is -2.44. The highest BCUT2D eigenvalue weighted by atomic mass is 35.5. The van der Waals surface area contributed by atoms with Crippen molar-refractivity contribution >= 4 is 35.0 Å². The molecule has 0 aliphatic rings. The highest BCUT2D eigenvalue weighted by molar-refractivity contribution is 7.17. The molecule has 2 aromatic heterocycles. The van der Waals surface area contributed by atoms with Gasteiger partial charge in [0.1, 0.15) is 0 Å². The van der Waals surface area contributed by atoms with Gasteiger partial charge < -0.3 is 9.26 Å². The second-order valence-corrected chi connectivity index (χ2v) is 6.71. The summed E-state index contributed by atoms with van der Waals surface area (Å²) in [7, 11) is 0. The number of benzene rings is 1. The molecule has 0 amide bonds. The van der Waals surface area contributed by atoms with Gasteiger partial charge in [-0.2, -0.15) is 4.98 Å². The van der Waals surface area contributed by atoms with Gasteiger partial charge in [-0.15, -0.1) is 11.3 Å². The third-order valence-corrected chi connectivity index (χ3v) is 4.28. The fourth-order valence-electron chi connectivity index (χ4n) is 1.88. The van der Waals surface area contributed by atoms with Crippen molar-refractivity contribution in [2.75, 3.05) is 0 Å². The van der Waals surface area contributed by atoms with E-state index in [-0.39, 0.29) is 6.61 Å². The van der Waals surface area contributed by atoms with Crippen LogP contribution < -0.4 is 0 Å². The van der Waals surface area contributed by atoms with E-state index >= 15 is 0 Å². The SMILES string of the molecule is Cc1ccc(-c2nc(COC(=O)/C=C/c3ccc(Cl)s3)no2)cc1. The molecule has 0 spiro atoms. The lowest BCUT2D eigenvalue weighted by Crippen LogP contribution is -2.01. The molecule has 0 fully saturated rings. The predicted molar refractivity (Wildman–Crippen MR) is 92.6 cm³/mol. The van der Waals surface area contributed by atoms with E-state index < -0.39 is 5.97 Å². The molecule has 0 aliphatic carbocycles. The lowest BCUT2D eigenvalue weighted by Gasteiger charge is -1.96. The molecular formula is C17H13ClN2O3S. The molecule has 1 aromatic carbocycles. The van der Waals surface area contributed by atoms with Crippen molar-refractivity contribution in [2.24, 2.45) is 0 Å². The molecule has 24 heavy (non-hydrogen) atoms. The van der Waals surface area contributed by atoms with E-state index in [1.165, 1.54) is 17.4 Å². The zero-order valence-corrected chi connectivity index (χ0v) is 14.3. The Morgan fingerprint density at radius 2 is 2.08 bits per heavy atom. The van der Waals surface area contributed by atoms with Crippen LogP contribution in [0.2, 0.25) is 4.34 Å². The second-order valence-electron chi connectivity index (χ2n) is 4.96. The molecule has 0 saturated heterocycles. The Morgan fingerprint density at radius 1 is 1.29 bits per heavy atom. The minimum Gasteiger partial charge on any atom is -0.454 e. The van der Waals surface area contributed by atoms with Crippen molar-refractivity contribution in [3.8, 4) is 11.5 Å². The highest BCUT2D eigenvalue weighted by Crippen LogP contribution is 2.22. The van der Waals surface area contributed by atoms with Gasteiger partial charge in [0.2, 0.25) is 5.82 Å². The first-order valence-electron chi connectivity index (χ1n) is 7.10. The van der Waals surface area contributed by atoms with Crippen LogP contribution in [0.5, 0.6) is 0 Å². The quantitative estimate of drug-likeness (QED) is 0.494. The van der Waals surface area contributed by atoms with Crippen LogP contribution in [-0.4, -0.2) is 16.1 Å². The summed E-state index contributed by atoms with van der Waals surface area (Å²) in [5, 5.41) is 3.81. The average Bonchev–Trinajstić information content (AvgIpc) is 3.21. The molecule has 0 atom stereocenters. The monoisotopic (exact) mass is 360 g/mol. The first kappa shape index (κ1) is 16.4. The van der Waals surface area contributed by atoms with E-state index in [2.05, 4.69) is 10.1 Å². The maximum Gasteiger partial charge on any atom is 0.331 e. The number of nitrogens with zero attached hydrogens (tertiary/aromatic N) is 2. The van der Waals surface area contributed by atoms with E-state index in [0.29, 0.717) is 16.1 Å². The van der Waals surface area contributed by atoms with Gasteiger partial charge in [-0.1, -0.05) is 34.5 Å². The van der Waals surface area contributed by atoms with E-state index in [4.69, 9.17) is 20.9 Å². The van der Waals surface area contributed by atoms with Crippen molar-refractivity contribution < 1.29 is 14.1 Å². The summed E-state index contributed by atoms with van der Waals surface area (Å²) in [6.07, 6.45) is 2.98. The molecule has 0 unspecified atom stereocenters. The maximum absolute atomic E-state index is 11.7. The number of aryl methyl sites for hydroxylation is 1. The van der Waals surface area contributed by atoms with E-state index in [1.807, 2.05) is 37.3 Å². The van der Waals surface area contributed by atoms with Gasteiger partial charge in [0.05, 0.1) is 4.34 Å². The summed E-state index contributed by atoms with van der Waals surface area (Å²) < 4.78 is 10.9.